The Morgan fingerprint density at radius 1 is 1.00 bits per heavy atom. The van der Waals surface area contributed by atoms with Crippen molar-refractivity contribution in [1.29, 1.82) is 0 Å². The molecular formula is C19H24N2O2. The van der Waals surface area contributed by atoms with Crippen LogP contribution < -0.4 is 15.4 Å². The number of hydrogen-bond donors (Lipinski definition) is 2. The third-order valence-corrected chi connectivity index (χ3v) is 3.73. The molecule has 0 fully saturated rings. The maximum Gasteiger partial charge on any atom is 0.249 e. The average Bonchev–Trinajstić information content (AvgIpc) is 2.56. The maximum absolute atomic E-state index is 12.5. The van der Waals surface area contributed by atoms with Gasteiger partial charge in [-0.2, -0.15) is 0 Å². The lowest BCUT2D eigenvalue weighted by atomic mass is 10.0. The molecule has 0 bridgehead atoms. The first-order valence-electron chi connectivity index (χ1n) is 7.77. The van der Waals surface area contributed by atoms with Crippen LogP contribution in [0.15, 0.2) is 48.5 Å². The van der Waals surface area contributed by atoms with Gasteiger partial charge >= 0.3 is 0 Å². The maximum atomic E-state index is 12.5. The number of aryl methyl sites for hydroxylation is 1. The number of carbonyl (C=O) groups is 1. The molecule has 0 aliphatic carbocycles. The van der Waals surface area contributed by atoms with Crippen LogP contribution in [0, 0.1) is 0 Å². The molecule has 4 heteroatoms. The highest BCUT2D eigenvalue weighted by atomic mass is 16.5. The zero-order valence-corrected chi connectivity index (χ0v) is 14.1. The summed E-state index contributed by atoms with van der Waals surface area (Å²) >= 11 is 0. The summed E-state index contributed by atoms with van der Waals surface area (Å²) in [5.74, 6) is 0.700. The fraction of sp³-hybridized carbons (Fsp3) is 0.316. The summed E-state index contributed by atoms with van der Waals surface area (Å²) in [6.07, 6.45) is 0.985. The van der Waals surface area contributed by atoms with Crippen molar-refractivity contribution in [2.24, 2.45) is 0 Å². The lowest BCUT2D eigenvalue weighted by Crippen LogP contribution is -2.44. The first kappa shape index (κ1) is 16.9. The van der Waals surface area contributed by atoms with Gasteiger partial charge in [-0.1, -0.05) is 19.1 Å². The van der Waals surface area contributed by atoms with Gasteiger partial charge in [-0.25, -0.2) is 0 Å². The van der Waals surface area contributed by atoms with E-state index in [4.69, 9.17) is 4.74 Å². The molecule has 4 nitrogen and oxygen atoms in total. The molecule has 0 saturated carbocycles. The normalized spacial score (nSPS) is 11.0. The van der Waals surface area contributed by atoms with Crippen LogP contribution in [0.2, 0.25) is 0 Å². The predicted octanol–water partition coefficient (Wildman–Crippen LogP) is 4.09. The Kier molecular flexibility index (Phi) is 5.27. The van der Waals surface area contributed by atoms with E-state index in [1.165, 1.54) is 5.56 Å². The molecule has 23 heavy (non-hydrogen) atoms. The summed E-state index contributed by atoms with van der Waals surface area (Å²) in [7, 11) is 1.63. The van der Waals surface area contributed by atoms with Gasteiger partial charge in [0.25, 0.3) is 0 Å². The zero-order chi connectivity index (χ0) is 16.9. The van der Waals surface area contributed by atoms with E-state index < -0.39 is 5.54 Å². The van der Waals surface area contributed by atoms with Gasteiger partial charge in [-0.3, -0.25) is 4.79 Å². The summed E-state index contributed by atoms with van der Waals surface area (Å²) in [6.45, 7) is 5.81. The van der Waals surface area contributed by atoms with Gasteiger partial charge < -0.3 is 15.4 Å². The molecule has 0 atom stereocenters. The number of anilines is 2. The van der Waals surface area contributed by atoms with Gasteiger partial charge in [-0.05, 0) is 62.2 Å². The second-order valence-electron chi connectivity index (χ2n) is 5.98. The molecule has 2 aromatic carbocycles. The fourth-order valence-corrected chi connectivity index (χ4v) is 2.20. The Hall–Kier alpha value is -2.49. The third-order valence-electron chi connectivity index (χ3n) is 3.73. The summed E-state index contributed by atoms with van der Waals surface area (Å²) in [5, 5.41) is 6.19. The van der Waals surface area contributed by atoms with Crippen molar-refractivity contribution in [2.75, 3.05) is 17.7 Å². The first-order valence-corrected chi connectivity index (χ1v) is 7.77. The monoisotopic (exact) mass is 312 g/mol. The van der Waals surface area contributed by atoms with Crippen LogP contribution in [-0.4, -0.2) is 18.6 Å². The minimum atomic E-state index is -0.738. The van der Waals surface area contributed by atoms with Crippen molar-refractivity contribution in [3.63, 3.8) is 0 Å². The molecule has 0 spiro atoms. The molecule has 2 aromatic rings. The number of amides is 1. The molecule has 1 amide bonds. The molecule has 2 N–H and O–H groups in total. The Morgan fingerprint density at radius 3 is 2.09 bits per heavy atom. The van der Waals surface area contributed by atoms with E-state index in [0.29, 0.717) is 0 Å². The minimum absolute atomic E-state index is 0.0856. The Balaban J connectivity index is 2.03. The highest BCUT2D eigenvalue weighted by Gasteiger charge is 2.27. The molecule has 0 aliphatic heterocycles. The van der Waals surface area contributed by atoms with Gasteiger partial charge in [-0.15, -0.1) is 0 Å². The molecule has 0 radical (unpaired) electrons. The van der Waals surface area contributed by atoms with E-state index in [1.807, 2.05) is 62.4 Å². The van der Waals surface area contributed by atoms with Gasteiger partial charge in [0.05, 0.1) is 7.11 Å². The van der Waals surface area contributed by atoms with E-state index in [1.54, 1.807) is 7.11 Å². The number of hydrogen-bond acceptors (Lipinski definition) is 3. The zero-order valence-electron chi connectivity index (χ0n) is 14.1. The van der Waals surface area contributed by atoms with Crippen molar-refractivity contribution < 1.29 is 9.53 Å². The number of ether oxygens (including phenoxy) is 1. The van der Waals surface area contributed by atoms with E-state index >= 15 is 0 Å². The molecule has 0 aliphatic rings. The fourth-order valence-electron chi connectivity index (χ4n) is 2.20. The molecule has 0 unspecified atom stereocenters. The number of rotatable bonds is 6. The quantitative estimate of drug-likeness (QED) is 0.845. The van der Waals surface area contributed by atoms with E-state index in [0.717, 1.165) is 23.5 Å². The van der Waals surface area contributed by atoms with Crippen molar-refractivity contribution >= 4 is 17.3 Å². The van der Waals surface area contributed by atoms with Crippen LogP contribution in [0.3, 0.4) is 0 Å². The summed E-state index contributed by atoms with van der Waals surface area (Å²) in [5.41, 5.74) is 2.18. The van der Waals surface area contributed by atoms with Crippen LogP contribution in [0.1, 0.15) is 26.3 Å². The predicted molar refractivity (Wildman–Crippen MR) is 95.1 cm³/mol. The van der Waals surface area contributed by atoms with E-state index in [-0.39, 0.29) is 5.91 Å². The topological polar surface area (TPSA) is 50.4 Å². The SMILES string of the molecule is CCc1ccc(NC(=O)C(C)(C)Nc2ccc(OC)cc2)cc1. The van der Waals surface area contributed by atoms with E-state index in [9.17, 15) is 4.79 Å². The summed E-state index contributed by atoms with van der Waals surface area (Å²) < 4.78 is 5.14. The Morgan fingerprint density at radius 2 is 1.57 bits per heavy atom. The number of nitrogens with one attached hydrogen (secondary N) is 2. The van der Waals surface area contributed by atoms with Crippen molar-refractivity contribution in [2.45, 2.75) is 32.7 Å². The number of methoxy groups -OCH3 is 1. The van der Waals surface area contributed by atoms with Crippen LogP contribution in [-0.2, 0) is 11.2 Å². The summed E-state index contributed by atoms with van der Waals surface area (Å²) in [4.78, 5) is 12.5. The summed E-state index contributed by atoms with van der Waals surface area (Å²) in [6, 6.07) is 15.4. The lowest BCUT2D eigenvalue weighted by molar-refractivity contribution is -0.119. The molecule has 2 rings (SSSR count). The van der Waals surface area contributed by atoms with Gasteiger partial charge in [0.15, 0.2) is 0 Å². The first-order chi connectivity index (χ1) is 10.9. The molecular weight excluding hydrogens is 288 g/mol. The minimum Gasteiger partial charge on any atom is -0.497 e. The Bertz CT molecular complexity index is 646. The number of carbonyl (C=O) groups excluding carboxylic acids is 1. The van der Waals surface area contributed by atoms with Crippen molar-refractivity contribution in [3.8, 4) is 5.75 Å². The van der Waals surface area contributed by atoms with Gasteiger partial charge in [0.2, 0.25) is 5.91 Å². The molecule has 122 valence electrons. The second-order valence-corrected chi connectivity index (χ2v) is 5.98. The van der Waals surface area contributed by atoms with Crippen LogP contribution in [0.5, 0.6) is 5.75 Å². The standard InChI is InChI=1S/C19H24N2O2/c1-5-14-6-8-15(9-7-14)20-18(22)19(2,3)21-16-10-12-17(23-4)13-11-16/h6-13,21H,5H2,1-4H3,(H,20,22). The average molecular weight is 312 g/mol. The van der Waals surface area contributed by atoms with Gasteiger partial charge in [0, 0.05) is 11.4 Å². The van der Waals surface area contributed by atoms with E-state index in [2.05, 4.69) is 17.6 Å². The smallest absolute Gasteiger partial charge is 0.249 e. The largest absolute Gasteiger partial charge is 0.497 e. The highest BCUT2D eigenvalue weighted by molar-refractivity contribution is 5.99. The van der Waals surface area contributed by atoms with Crippen molar-refractivity contribution in [1.82, 2.24) is 0 Å². The second kappa shape index (κ2) is 7.18. The van der Waals surface area contributed by atoms with Crippen LogP contribution in [0.25, 0.3) is 0 Å². The lowest BCUT2D eigenvalue weighted by Gasteiger charge is -2.26. The van der Waals surface area contributed by atoms with Crippen LogP contribution in [0.4, 0.5) is 11.4 Å². The molecule has 0 heterocycles. The molecule has 0 aromatic heterocycles. The van der Waals surface area contributed by atoms with Gasteiger partial charge in [0.1, 0.15) is 11.3 Å². The number of benzene rings is 2. The van der Waals surface area contributed by atoms with Crippen molar-refractivity contribution in [3.05, 3.63) is 54.1 Å². The molecule has 0 saturated heterocycles. The highest BCUT2D eigenvalue weighted by Crippen LogP contribution is 2.20. The van der Waals surface area contributed by atoms with Crippen LogP contribution >= 0.6 is 0 Å². The third kappa shape index (κ3) is 4.49. The Labute approximate surface area is 137 Å².